The van der Waals surface area contributed by atoms with Crippen LogP contribution in [0.5, 0.6) is 0 Å². The van der Waals surface area contributed by atoms with Crippen LogP contribution in [-0.2, 0) is 16.6 Å². The van der Waals surface area contributed by atoms with Crippen molar-refractivity contribution in [2.45, 2.75) is 25.0 Å². The number of nitrogens with one attached hydrogen (secondary N) is 2. The minimum Gasteiger partial charge on any atom is -0.370 e. The lowest BCUT2D eigenvalue weighted by atomic mass is 9.95. The lowest BCUT2D eigenvalue weighted by Crippen LogP contribution is -2.62. The standard InChI is InChI=1S/C19H20F2N4O4/c1-19(29-3,18(20)21)15(17(27)24-28)23-16(26)14-8-6-12(7-9-14)4-5-13-10-22-25(2)11-13/h6-11,15,18,28H,1-3H3,(H,23,26)(H,24,27)/t15-,19?/m1/s1. The van der Waals surface area contributed by atoms with Crippen molar-refractivity contribution < 1.29 is 28.3 Å². The average Bonchev–Trinajstić information content (AvgIpc) is 3.14. The van der Waals surface area contributed by atoms with E-state index in [-0.39, 0.29) is 5.56 Å². The maximum absolute atomic E-state index is 13.4. The fourth-order valence-electron chi connectivity index (χ4n) is 2.42. The summed E-state index contributed by atoms with van der Waals surface area (Å²) in [7, 11) is 2.75. The first kappa shape index (κ1) is 22.0. The summed E-state index contributed by atoms with van der Waals surface area (Å²) in [4.78, 5) is 24.3. The number of hydrogen-bond donors (Lipinski definition) is 3. The van der Waals surface area contributed by atoms with Crippen LogP contribution in [0.1, 0.15) is 28.4 Å². The van der Waals surface area contributed by atoms with E-state index in [1.807, 2.05) is 0 Å². The number of hydrogen-bond acceptors (Lipinski definition) is 5. The Morgan fingerprint density at radius 1 is 1.24 bits per heavy atom. The van der Waals surface area contributed by atoms with E-state index in [4.69, 9.17) is 9.94 Å². The van der Waals surface area contributed by atoms with Gasteiger partial charge >= 0.3 is 0 Å². The lowest BCUT2D eigenvalue weighted by Gasteiger charge is -2.34. The highest BCUT2D eigenvalue weighted by Crippen LogP contribution is 2.24. The summed E-state index contributed by atoms with van der Waals surface area (Å²) < 4.78 is 33.2. The third kappa shape index (κ3) is 5.16. The summed E-state index contributed by atoms with van der Waals surface area (Å²) >= 11 is 0. The molecule has 1 heterocycles. The van der Waals surface area contributed by atoms with Crippen LogP contribution in [0, 0.1) is 11.8 Å². The van der Waals surface area contributed by atoms with Crippen molar-refractivity contribution in [2.24, 2.45) is 7.05 Å². The van der Waals surface area contributed by atoms with Gasteiger partial charge < -0.3 is 10.1 Å². The Morgan fingerprint density at radius 3 is 2.34 bits per heavy atom. The number of amides is 2. The van der Waals surface area contributed by atoms with Gasteiger partial charge in [0.25, 0.3) is 18.2 Å². The zero-order chi connectivity index (χ0) is 21.6. The normalized spacial score (nSPS) is 13.8. The Bertz CT molecular complexity index is 934. The summed E-state index contributed by atoms with van der Waals surface area (Å²) in [6.07, 6.45) is 0.244. The number of halogens is 2. The van der Waals surface area contributed by atoms with Crippen molar-refractivity contribution in [3.63, 3.8) is 0 Å². The molecule has 1 aromatic carbocycles. The highest BCUT2D eigenvalue weighted by Gasteiger charge is 2.48. The summed E-state index contributed by atoms with van der Waals surface area (Å²) in [6, 6.07) is 4.17. The van der Waals surface area contributed by atoms with Gasteiger partial charge in [0.2, 0.25) is 0 Å². The fourth-order valence-corrected chi connectivity index (χ4v) is 2.42. The molecule has 0 spiro atoms. The summed E-state index contributed by atoms with van der Waals surface area (Å²) in [6.45, 7) is 0.953. The molecule has 2 atom stereocenters. The predicted molar refractivity (Wildman–Crippen MR) is 98.2 cm³/mol. The third-order valence-corrected chi connectivity index (χ3v) is 4.30. The SMILES string of the molecule is COC(C)(C(F)F)[C@H](NC(=O)c1ccc(C#Cc2cnn(C)c2)cc1)C(=O)NO. The van der Waals surface area contributed by atoms with Crippen molar-refractivity contribution >= 4 is 11.8 Å². The second kappa shape index (κ2) is 9.27. The van der Waals surface area contributed by atoms with Crippen LogP contribution in [0.15, 0.2) is 36.7 Å². The van der Waals surface area contributed by atoms with Gasteiger partial charge in [0.15, 0.2) is 5.60 Å². The van der Waals surface area contributed by atoms with Crippen LogP contribution in [-0.4, -0.2) is 52.0 Å². The third-order valence-electron chi connectivity index (χ3n) is 4.30. The van der Waals surface area contributed by atoms with E-state index in [2.05, 4.69) is 22.3 Å². The summed E-state index contributed by atoms with van der Waals surface area (Å²) in [5.74, 6) is 3.78. The highest BCUT2D eigenvalue weighted by atomic mass is 19.3. The number of rotatable bonds is 6. The molecule has 2 rings (SSSR count). The Kier molecular flexibility index (Phi) is 7.03. The number of aryl methyl sites for hydroxylation is 1. The second-order valence-corrected chi connectivity index (χ2v) is 6.30. The molecule has 0 saturated carbocycles. The Morgan fingerprint density at radius 2 is 1.86 bits per heavy atom. The van der Waals surface area contributed by atoms with Crippen molar-refractivity contribution in [1.29, 1.82) is 0 Å². The van der Waals surface area contributed by atoms with Gasteiger partial charge in [0.05, 0.1) is 11.8 Å². The summed E-state index contributed by atoms with van der Waals surface area (Å²) in [5.41, 5.74) is 0.365. The van der Waals surface area contributed by atoms with Crippen molar-refractivity contribution in [1.82, 2.24) is 20.6 Å². The molecule has 2 amide bonds. The maximum atomic E-state index is 13.4. The van der Waals surface area contributed by atoms with Crippen LogP contribution >= 0.6 is 0 Å². The van der Waals surface area contributed by atoms with Crippen molar-refractivity contribution in [2.75, 3.05) is 7.11 Å². The molecule has 1 unspecified atom stereocenters. The molecule has 3 N–H and O–H groups in total. The van der Waals surface area contributed by atoms with Gasteiger partial charge in [-0.2, -0.15) is 5.10 Å². The number of ether oxygens (including phenoxy) is 1. The number of carbonyl (C=O) groups is 2. The minimum atomic E-state index is -3.11. The second-order valence-electron chi connectivity index (χ2n) is 6.30. The Hall–Kier alpha value is -3.29. The van der Waals surface area contributed by atoms with E-state index < -0.39 is 29.9 Å². The van der Waals surface area contributed by atoms with Crippen LogP contribution < -0.4 is 10.8 Å². The van der Waals surface area contributed by atoms with Crippen LogP contribution in [0.25, 0.3) is 0 Å². The van der Waals surface area contributed by atoms with E-state index in [0.29, 0.717) is 5.56 Å². The zero-order valence-electron chi connectivity index (χ0n) is 15.9. The van der Waals surface area contributed by atoms with E-state index in [0.717, 1.165) is 19.6 Å². The largest absolute Gasteiger partial charge is 0.370 e. The molecule has 29 heavy (non-hydrogen) atoms. The van der Waals surface area contributed by atoms with E-state index in [1.54, 1.807) is 36.3 Å². The fraction of sp³-hybridized carbons (Fsp3) is 0.316. The van der Waals surface area contributed by atoms with Crippen LogP contribution in [0.4, 0.5) is 8.78 Å². The quantitative estimate of drug-likeness (QED) is 0.378. The van der Waals surface area contributed by atoms with E-state index in [9.17, 15) is 18.4 Å². The highest BCUT2D eigenvalue weighted by molar-refractivity contribution is 5.97. The maximum Gasteiger partial charge on any atom is 0.269 e. The van der Waals surface area contributed by atoms with Crippen LogP contribution in [0.2, 0.25) is 0 Å². The number of carbonyl (C=O) groups excluding carboxylic acids is 2. The first-order valence-electron chi connectivity index (χ1n) is 8.40. The van der Waals surface area contributed by atoms with Gasteiger partial charge in [-0.05, 0) is 31.2 Å². The van der Waals surface area contributed by atoms with Gasteiger partial charge in [-0.3, -0.25) is 19.5 Å². The summed E-state index contributed by atoms with van der Waals surface area (Å²) in [5, 5.41) is 15.0. The molecular formula is C19H20F2N4O4. The molecule has 0 aliphatic carbocycles. The number of nitrogens with zero attached hydrogens (tertiary/aromatic N) is 2. The molecule has 10 heteroatoms. The first-order chi connectivity index (χ1) is 13.7. The lowest BCUT2D eigenvalue weighted by molar-refractivity contribution is -0.157. The van der Waals surface area contributed by atoms with E-state index >= 15 is 0 Å². The van der Waals surface area contributed by atoms with Gasteiger partial charge in [-0.15, -0.1) is 0 Å². The molecule has 0 aliphatic rings. The smallest absolute Gasteiger partial charge is 0.269 e. The van der Waals surface area contributed by atoms with Crippen molar-refractivity contribution in [3.05, 3.63) is 53.3 Å². The molecule has 0 fully saturated rings. The topological polar surface area (TPSA) is 105 Å². The number of methoxy groups -OCH3 is 1. The zero-order valence-corrected chi connectivity index (χ0v) is 15.9. The molecule has 1 aromatic heterocycles. The predicted octanol–water partition coefficient (Wildman–Crippen LogP) is 1.09. The van der Waals surface area contributed by atoms with Crippen LogP contribution in [0.3, 0.4) is 0 Å². The Balaban J connectivity index is 2.18. The minimum absolute atomic E-state index is 0.111. The van der Waals surface area contributed by atoms with Gasteiger partial charge in [0, 0.05) is 31.5 Å². The average molecular weight is 406 g/mol. The first-order valence-corrected chi connectivity index (χ1v) is 8.40. The monoisotopic (exact) mass is 406 g/mol. The molecular weight excluding hydrogens is 386 g/mol. The van der Waals surface area contributed by atoms with Gasteiger partial charge in [-0.25, -0.2) is 14.3 Å². The number of aromatic nitrogens is 2. The molecule has 0 saturated heterocycles. The molecule has 0 aliphatic heterocycles. The molecule has 154 valence electrons. The Labute approximate surface area is 165 Å². The molecule has 0 bridgehead atoms. The van der Waals surface area contributed by atoms with Gasteiger partial charge in [-0.1, -0.05) is 11.8 Å². The number of alkyl halides is 2. The van der Waals surface area contributed by atoms with Gasteiger partial charge in [0.1, 0.15) is 6.04 Å². The molecule has 0 radical (unpaired) electrons. The molecule has 8 nitrogen and oxygen atoms in total. The number of benzene rings is 1. The van der Waals surface area contributed by atoms with Crippen molar-refractivity contribution in [3.8, 4) is 11.8 Å². The van der Waals surface area contributed by atoms with E-state index in [1.165, 1.54) is 17.6 Å². The molecule has 2 aromatic rings. The number of hydroxylamine groups is 1.